The SMILES string of the molecule is CC1CC2CCCCC2N(C)C1.CC1CCN(C)C1.CN1CC2(C)CCC1C2.CN1CCCC2C1CCN2C.CN1CCN(C)CC1.Cc1ccn(C)n1.Cc1cn(C)cn1.Cc1cn(C)nn1.Cc1cnn(C)c1.Cc1cnn(C)n1.Cc1ncn(C)n1. The van der Waals surface area contributed by atoms with Crippen molar-refractivity contribution in [1.29, 1.82) is 0 Å². The van der Waals surface area contributed by atoms with Crippen LogP contribution in [-0.4, -0.2) is 247 Å². The molecule has 0 spiro atoms. The van der Waals surface area contributed by atoms with E-state index >= 15 is 0 Å². The topological polar surface area (TPSA) is 168 Å². The quantitative estimate of drug-likeness (QED) is 0.143. The first-order valence-electron chi connectivity index (χ1n) is 33.3. The van der Waals surface area contributed by atoms with Gasteiger partial charge in [0.2, 0.25) is 0 Å². The second-order valence-electron chi connectivity index (χ2n) is 27.8. The third-order valence-electron chi connectivity index (χ3n) is 18.2. The summed E-state index contributed by atoms with van der Waals surface area (Å²) in [5, 5.41) is 27.0. The van der Waals surface area contributed by atoms with E-state index in [4.69, 9.17) is 0 Å². The predicted molar refractivity (Wildman–Crippen MR) is 365 cm³/mol. The summed E-state index contributed by atoms with van der Waals surface area (Å²) < 4.78 is 8.85. The van der Waals surface area contributed by atoms with Gasteiger partial charge in [0, 0.05) is 137 Å². The van der Waals surface area contributed by atoms with Gasteiger partial charge in [-0.3, -0.25) is 18.7 Å². The molecule has 2 aliphatic carbocycles. The van der Waals surface area contributed by atoms with Crippen LogP contribution in [0.1, 0.15) is 132 Å². The van der Waals surface area contributed by atoms with Gasteiger partial charge in [-0.05, 0) is 210 Å². The largest absolute Gasteiger partial charge is 0.340 e. The Labute approximate surface area is 539 Å². The van der Waals surface area contributed by atoms with Gasteiger partial charge in [-0.15, -0.1) is 5.10 Å². The van der Waals surface area contributed by atoms with Crippen LogP contribution in [0.15, 0.2) is 55.9 Å². The number of imidazole rings is 1. The van der Waals surface area contributed by atoms with Crippen molar-refractivity contribution in [3.05, 3.63) is 90.1 Å². The summed E-state index contributed by atoms with van der Waals surface area (Å²) in [6, 6.07) is 5.59. The van der Waals surface area contributed by atoms with Crippen molar-refractivity contribution >= 4 is 0 Å². The average molecular weight is 1240 g/mol. The minimum Gasteiger partial charge on any atom is -0.340 e. The summed E-state index contributed by atoms with van der Waals surface area (Å²) in [7, 11) is 26.9. The molecule has 0 amide bonds. The van der Waals surface area contributed by atoms with Gasteiger partial charge in [-0.1, -0.05) is 38.8 Å². The molecule has 504 valence electrons. The van der Waals surface area contributed by atoms with E-state index in [0.717, 1.165) is 70.5 Å². The second kappa shape index (κ2) is 39.2. The van der Waals surface area contributed by atoms with Crippen molar-refractivity contribution in [3.63, 3.8) is 0 Å². The maximum Gasteiger partial charge on any atom is 0.147 e. The van der Waals surface area contributed by atoms with Crippen LogP contribution in [0.25, 0.3) is 0 Å². The van der Waals surface area contributed by atoms with Gasteiger partial charge in [0.05, 0.1) is 41.5 Å². The van der Waals surface area contributed by atoms with E-state index in [2.05, 4.69) is 150 Å². The van der Waals surface area contributed by atoms with Gasteiger partial charge in [0.25, 0.3) is 0 Å². The van der Waals surface area contributed by atoms with Crippen LogP contribution in [0.4, 0.5) is 0 Å². The highest BCUT2D eigenvalue weighted by Gasteiger charge is 2.44. The maximum absolute atomic E-state index is 4.03. The lowest BCUT2D eigenvalue weighted by atomic mass is 9.76. The standard InChI is InChI=1S/C11H21N.C9H18N2.C8H15N.C6H14N2.C6H13N.3C5H8N2.3C4H7N3/c1-9-7-10-5-3-4-6-11(10)12(2)8-9;1-10-6-3-4-8-9(10)5-7-11(8)2;1-8-4-3-7(5-8)9(2)6-8;1-7-3-5-8(2)6-4-7;1-6-3-4-7(2)5-6;1-5-3-7(2)4-6-5;1-5-3-6-7(2)4-5;1-5-3-4-7(2)6-5;1-4-5-3-7(2)6-4;1-4-3-7(2)6-5-4;1-4-3-5-7(2)6-4/h9-11H,3-8H2,1-2H3;8-9H,3-7H2,1-2H3;7H,3-6H2,1-2H3;3-6H2,1-2H3;6H,3-5H2,1-2H3;3*3-4H,1-2H3;3*3H,1-2H3. The summed E-state index contributed by atoms with van der Waals surface area (Å²) in [4.78, 5) is 26.7. The van der Waals surface area contributed by atoms with E-state index in [-0.39, 0.29) is 0 Å². The van der Waals surface area contributed by atoms with Crippen LogP contribution in [0.3, 0.4) is 0 Å². The van der Waals surface area contributed by atoms with Gasteiger partial charge in [-0.2, -0.15) is 30.3 Å². The third kappa shape index (κ3) is 30.2. The monoisotopic (exact) mass is 1240 g/mol. The van der Waals surface area contributed by atoms with Crippen molar-refractivity contribution in [2.24, 2.45) is 65.5 Å². The highest BCUT2D eigenvalue weighted by molar-refractivity contribution is 5.00. The van der Waals surface area contributed by atoms with Gasteiger partial charge < -0.3 is 38.9 Å². The zero-order valence-corrected chi connectivity index (χ0v) is 60.1. The van der Waals surface area contributed by atoms with E-state index in [9.17, 15) is 0 Å². The molecule has 22 nitrogen and oxygen atoms in total. The molecule has 12 heterocycles. The van der Waals surface area contributed by atoms with Crippen molar-refractivity contribution < 1.29 is 0 Å². The zero-order valence-electron chi connectivity index (χ0n) is 60.1. The Kier molecular flexibility index (Phi) is 33.6. The molecule has 8 fully saturated rings. The van der Waals surface area contributed by atoms with E-state index < -0.39 is 0 Å². The molecule has 14 rings (SSSR count). The lowest BCUT2D eigenvalue weighted by Crippen LogP contribution is -2.47. The number of rotatable bonds is 0. The van der Waals surface area contributed by atoms with Crippen LogP contribution in [0, 0.1) is 64.7 Å². The number of likely N-dealkylation sites (N-methyl/N-ethyl adjacent to an activating group) is 4. The molecule has 0 N–H and O–H groups in total. The number of aromatic nitrogens is 15. The number of hydrogen-bond donors (Lipinski definition) is 0. The molecule has 6 aromatic heterocycles. The lowest BCUT2D eigenvalue weighted by Gasteiger charge is -2.44. The van der Waals surface area contributed by atoms with Crippen molar-refractivity contribution in [1.82, 2.24) is 108 Å². The molecule has 2 saturated carbocycles. The van der Waals surface area contributed by atoms with Crippen LogP contribution in [-0.2, 0) is 42.3 Å². The van der Waals surface area contributed by atoms with Crippen molar-refractivity contribution in [2.45, 2.75) is 164 Å². The summed E-state index contributed by atoms with van der Waals surface area (Å²) in [5.41, 5.74) is 5.98. The first-order valence-corrected chi connectivity index (χ1v) is 33.3. The highest BCUT2D eigenvalue weighted by Crippen LogP contribution is 2.46. The van der Waals surface area contributed by atoms with Crippen LogP contribution in [0.2, 0.25) is 0 Å². The minimum atomic E-state index is 0.708. The molecule has 0 radical (unpaired) electrons. The number of likely N-dealkylation sites (tertiary alicyclic amines) is 5. The van der Waals surface area contributed by atoms with Gasteiger partial charge in [-0.25, -0.2) is 9.97 Å². The van der Waals surface area contributed by atoms with Crippen molar-refractivity contribution in [2.75, 3.05) is 115 Å². The molecule has 8 atom stereocenters. The molecule has 8 unspecified atom stereocenters. The number of fused-ring (bicyclic) bond motifs is 4. The second-order valence-corrected chi connectivity index (χ2v) is 27.8. The Morgan fingerprint density at radius 2 is 1.15 bits per heavy atom. The third-order valence-corrected chi connectivity index (χ3v) is 18.2. The number of nitrogens with zero attached hydrogens (tertiary/aromatic N) is 22. The van der Waals surface area contributed by atoms with E-state index in [1.165, 1.54) is 153 Å². The molecule has 8 aliphatic rings. The fraction of sp³-hybridized carbons (Fsp3) is 0.776. The molecule has 6 aromatic rings. The molecule has 6 saturated heterocycles. The van der Waals surface area contributed by atoms with Crippen LogP contribution >= 0.6 is 0 Å². The number of piperazine rings is 1. The summed E-state index contributed by atoms with van der Waals surface area (Å²) in [5.74, 6) is 3.74. The molecule has 6 aliphatic heterocycles. The predicted octanol–water partition coefficient (Wildman–Crippen LogP) is 8.17. The van der Waals surface area contributed by atoms with Gasteiger partial charge in [0.15, 0.2) is 0 Å². The Morgan fingerprint density at radius 1 is 0.483 bits per heavy atom. The Morgan fingerprint density at radius 3 is 1.47 bits per heavy atom. The first kappa shape index (κ1) is 76.2. The van der Waals surface area contributed by atoms with E-state index in [1.807, 2.05) is 118 Å². The van der Waals surface area contributed by atoms with Crippen LogP contribution in [0.5, 0.6) is 0 Å². The van der Waals surface area contributed by atoms with E-state index in [1.54, 1.807) is 44.6 Å². The van der Waals surface area contributed by atoms with E-state index in [0.29, 0.717) is 5.41 Å². The van der Waals surface area contributed by atoms with Gasteiger partial charge >= 0.3 is 0 Å². The Balaban J connectivity index is 0.000000210. The Hall–Kier alpha value is -5.23. The zero-order chi connectivity index (χ0) is 65.8. The summed E-state index contributed by atoms with van der Waals surface area (Å²) >= 11 is 0. The van der Waals surface area contributed by atoms with Gasteiger partial charge in [0.1, 0.15) is 12.2 Å². The normalized spacial score (nSPS) is 25.6. The number of aryl methyl sites for hydroxylation is 12. The molecule has 2 bridgehead atoms. The summed E-state index contributed by atoms with van der Waals surface area (Å²) in [6.45, 7) is 31.6. The smallest absolute Gasteiger partial charge is 0.147 e. The number of piperidine rings is 3. The van der Waals surface area contributed by atoms with Crippen molar-refractivity contribution in [3.8, 4) is 0 Å². The molecular weight excluding hydrogens is 1110 g/mol. The molecule has 22 heteroatoms. The fourth-order valence-electron chi connectivity index (χ4n) is 13.5. The minimum absolute atomic E-state index is 0.708. The summed E-state index contributed by atoms with van der Waals surface area (Å²) in [6.07, 6.45) is 32.2. The van der Waals surface area contributed by atoms with Crippen LogP contribution < -0.4 is 0 Å². The molecular formula is C67H126N22. The first-order chi connectivity index (χ1) is 42.1. The fourth-order valence-corrected chi connectivity index (χ4v) is 13.5. The Bertz CT molecular complexity index is 2340. The molecule has 89 heavy (non-hydrogen) atoms. The highest BCUT2D eigenvalue weighted by atomic mass is 15.4. The average Bonchev–Trinajstić information content (AvgIpc) is 1.84. The lowest BCUT2D eigenvalue weighted by molar-refractivity contribution is 0.0544. The number of hydrogen-bond acceptors (Lipinski definition) is 16. The maximum atomic E-state index is 4.03. The molecule has 0 aromatic carbocycles.